The third-order valence-corrected chi connectivity index (χ3v) is 3.11. The number of nitrogens with zero attached hydrogens (tertiary/aromatic N) is 2. The van der Waals surface area contributed by atoms with Crippen molar-refractivity contribution in [1.29, 1.82) is 0 Å². The molecule has 5 heteroatoms. The van der Waals surface area contributed by atoms with E-state index >= 15 is 0 Å². The predicted octanol–water partition coefficient (Wildman–Crippen LogP) is 1.53. The Hall–Kier alpha value is -0.580. The van der Waals surface area contributed by atoms with Gasteiger partial charge in [-0.15, -0.1) is 0 Å². The number of hydrogen-bond donors (Lipinski definition) is 2. The molecule has 0 radical (unpaired) electrons. The van der Waals surface area contributed by atoms with Crippen molar-refractivity contribution in [3.63, 3.8) is 0 Å². The predicted molar refractivity (Wildman–Crippen MR) is 70.4 cm³/mol. The van der Waals surface area contributed by atoms with Gasteiger partial charge in [-0.1, -0.05) is 25.4 Å². The van der Waals surface area contributed by atoms with Crippen LogP contribution in [0.5, 0.6) is 0 Å². The van der Waals surface area contributed by atoms with E-state index in [2.05, 4.69) is 24.3 Å². The summed E-state index contributed by atoms with van der Waals surface area (Å²) in [5.41, 5.74) is 1.83. The zero-order chi connectivity index (χ0) is 13.0. The van der Waals surface area contributed by atoms with E-state index < -0.39 is 6.10 Å². The average Bonchev–Trinajstić information content (AvgIpc) is 2.44. The van der Waals surface area contributed by atoms with Gasteiger partial charge in [0.2, 0.25) is 0 Å². The fourth-order valence-electron chi connectivity index (χ4n) is 1.75. The lowest BCUT2D eigenvalue weighted by Gasteiger charge is -2.13. The van der Waals surface area contributed by atoms with Crippen molar-refractivity contribution in [2.45, 2.75) is 33.3 Å². The summed E-state index contributed by atoms with van der Waals surface area (Å²) in [6.45, 7) is 7.69. The minimum Gasteiger partial charge on any atom is -0.391 e. The fraction of sp³-hybridized carbons (Fsp3) is 0.750. The van der Waals surface area contributed by atoms with E-state index in [-0.39, 0.29) is 0 Å². The monoisotopic (exact) mass is 259 g/mol. The van der Waals surface area contributed by atoms with E-state index in [0.717, 1.165) is 17.8 Å². The molecule has 4 nitrogen and oxygen atoms in total. The summed E-state index contributed by atoms with van der Waals surface area (Å²) < 4.78 is 1.64. The molecule has 1 aromatic rings. The average molecular weight is 260 g/mol. The Morgan fingerprint density at radius 1 is 1.41 bits per heavy atom. The van der Waals surface area contributed by atoms with Gasteiger partial charge in [0.1, 0.15) is 5.15 Å². The van der Waals surface area contributed by atoms with Gasteiger partial charge in [0, 0.05) is 25.6 Å². The van der Waals surface area contributed by atoms with E-state index in [1.165, 1.54) is 0 Å². The molecule has 2 N–H and O–H groups in total. The van der Waals surface area contributed by atoms with E-state index in [9.17, 15) is 5.11 Å². The first-order valence-corrected chi connectivity index (χ1v) is 6.36. The van der Waals surface area contributed by atoms with Crippen LogP contribution in [0.15, 0.2) is 0 Å². The van der Waals surface area contributed by atoms with Gasteiger partial charge in [-0.2, -0.15) is 5.10 Å². The van der Waals surface area contributed by atoms with Crippen molar-refractivity contribution in [3.05, 3.63) is 16.4 Å². The number of hydrogen-bond acceptors (Lipinski definition) is 3. The molecule has 0 saturated carbocycles. The van der Waals surface area contributed by atoms with Crippen LogP contribution in [0.2, 0.25) is 5.15 Å². The van der Waals surface area contributed by atoms with Gasteiger partial charge in [-0.05, 0) is 19.4 Å². The Kier molecular flexibility index (Phi) is 5.43. The maximum atomic E-state index is 9.92. The molecule has 1 atom stereocenters. The third kappa shape index (κ3) is 4.30. The van der Waals surface area contributed by atoms with Crippen LogP contribution in [-0.4, -0.2) is 34.1 Å². The zero-order valence-corrected chi connectivity index (χ0v) is 11.8. The summed E-state index contributed by atoms with van der Waals surface area (Å²) in [6, 6.07) is 0. The topological polar surface area (TPSA) is 50.1 Å². The van der Waals surface area contributed by atoms with Crippen molar-refractivity contribution in [2.24, 2.45) is 13.0 Å². The number of nitrogens with one attached hydrogen (secondary N) is 1. The normalized spacial score (nSPS) is 13.4. The molecular formula is C12H22ClN3O. The second kappa shape index (κ2) is 6.38. The second-order valence-electron chi connectivity index (χ2n) is 4.89. The number of aromatic nitrogens is 2. The summed E-state index contributed by atoms with van der Waals surface area (Å²) in [4.78, 5) is 0. The zero-order valence-electron chi connectivity index (χ0n) is 11.0. The fourth-order valence-corrected chi connectivity index (χ4v) is 2.00. The highest BCUT2D eigenvalue weighted by Crippen LogP contribution is 2.20. The molecule has 1 rings (SSSR count). The van der Waals surface area contributed by atoms with Gasteiger partial charge < -0.3 is 10.4 Å². The number of halogens is 1. The van der Waals surface area contributed by atoms with E-state index in [1.54, 1.807) is 4.68 Å². The lowest BCUT2D eigenvalue weighted by Crippen LogP contribution is -2.31. The summed E-state index contributed by atoms with van der Waals surface area (Å²) >= 11 is 6.11. The smallest absolute Gasteiger partial charge is 0.130 e. The molecule has 0 aromatic carbocycles. The molecule has 1 unspecified atom stereocenters. The van der Waals surface area contributed by atoms with Crippen molar-refractivity contribution < 1.29 is 5.11 Å². The molecule has 1 heterocycles. The van der Waals surface area contributed by atoms with Gasteiger partial charge >= 0.3 is 0 Å². The van der Waals surface area contributed by atoms with Crippen LogP contribution >= 0.6 is 11.6 Å². The van der Waals surface area contributed by atoms with Gasteiger partial charge in [-0.3, -0.25) is 4.68 Å². The van der Waals surface area contributed by atoms with Crippen LogP contribution in [-0.2, 0) is 13.5 Å². The molecule has 0 spiro atoms. The third-order valence-electron chi connectivity index (χ3n) is 2.64. The lowest BCUT2D eigenvalue weighted by atomic mass is 10.1. The lowest BCUT2D eigenvalue weighted by molar-refractivity contribution is 0.170. The summed E-state index contributed by atoms with van der Waals surface area (Å²) in [6.07, 6.45) is 0.123. The quantitative estimate of drug-likeness (QED) is 0.815. The molecule has 0 saturated heterocycles. The van der Waals surface area contributed by atoms with Crippen LogP contribution in [0.1, 0.15) is 25.1 Å². The standard InChI is InChI=1S/C12H22ClN3O/c1-8(2)6-14-7-10(17)5-11-9(3)15-16(4)12(11)13/h8,10,14,17H,5-7H2,1-4H3. The first-order valence-electron chi connectivity index (χ1n) is 5.98. The van der Waals surface area contributed by atoms with Crippen molar-refractivity contribution in [3.8, 4) is 0 Å². The Labute approximate surface area is 108 Å². The Bertz CT molecular complexity index is 363. The molecule has 0 aliphatic rings. The molecule has 17 heavy (non-hydrogen) atoms. The maximum Gasteiger partial charge on any atom is 0.130 e. The largest absolute Gasteiger partial charge is 0.391 e. The number of aryl methyl sites for hydroxylation is 2. The molecule has 0 amide bonds. The van der Waals surface area contributed by atoms with E-state index in [0.29, 0.717) is 24.0 Å². The SMILES string of the molecule is Cc1nn(C)c(Cl)c1CC(O)CNCC(C)C. The molecule has 0 aliphatic heterocycles. The number of aliphatic hydroxyl groups is 1. The van der Waals surface area contributed by atoms with Crippen LogP contribution in [0.25, 0.3) is 0 Å². The van der Waals surface area contributed by atoms with Crippen LogP contribution in [0.4, 0.5) is 0 Å². The van der Waals surface area contributed by atoms with Crippen LogP contribution < -0.4 is 5.32 Å². The van der Waals surface area contributed by atoms with Gasteiger partial charge in [0.25, 0.3) is 0 Å². The Balaban J connectivity index is 2.47. The van der Waals surface area contributed by atoms with Crippen molar-refractivity contribution in [2.75, 3.05) is 13.1 Å². The number of aliphatic hydroxyl groups excluding tert-OH is 1. The highest BCUT2D eigenvalue weighted by molar-refractivity contribution is 6.30. The maximum absolute atomic E-state index is 9.92. The minimum atomic E-state index is -0.422. The molecule has 98 valence electrons. The first-order chi connectivity index (χ1) is 7.91. The second-order valence-corrected chi connectivity index (χ2v) is 5.25. The Morgan fingerprint density at radius 3 is 2.53 bits per heavy atom. The summed E-state index contributed by atoms with van der Waals surface area (Å²) in [5.74, 6) is 0.589. The first kappa shape index (κ1) is 14.5. The van der Waals surface area contributed by atoms with E-state index in [1.807, 2.05) is 14.0 Å². The molecule has 0 aliphatic carbocycles. The van der Waals surface area contributed by atoms with Crippen LogP contribution in [0.3, 0.4) is 0 Å². The Morgan fingerprint density at radius 2 is 2.06 bits per heavy atom. The van der Waals surface area contributed by atoms with Crippen LogP contribution in [0, 0.1) is 12.8 Å². The number of rotatable bonds is 6. The van der Waals surface area contributed by atoms with Gasteiger partial charge in [0.15, 0.2) is 0 Å². The summed E-state index contributed by atoms with van der Waals surface area (Å²) in [7, 11) is 1.81. The van der Waals surface area contributed by atoms with Gasteiger partial charge in [-0.25, -0.2) is 0 Å². The van der Waals surface area contributed by atoms with Gasteiger partial charge in [0.05, 0.1) is 11.8 Å². The molecular weight excluding hydrogens is 238 g/mol. The molecule has 1 aromatic heterocycles. The van der Waals surface area contributed by atoms with Crippen molar-refractivity contribution >= 4 is 11.6 Å². The molecule has 0 fully saturated rings. The highest BCUT2D eigenvalue weighted by Gasteiger charge is 2.15. The minimum absolute atomic E-state index is 0.422. The van der Waals surface area contributed by atoms with E-state index in [4.69, 9.17) is 11.6 Å². The molecule has 0 bridgehead atoms. The van der Waals surface area contributed by atoms with Crippen molar-refractivity contribution in [1.82, 2.24) is 15.1 Å². The summed E-state index contributed by atoms with van der Waals surface area (Å²) in [5, 5.41) is 18.0. The highest BCUT2D eigenvalue weighted by atomic mass is 35.5.